The molecule has 212 valence electrons. The van der Waals surface area contributed by atoms with E-state index in [2.05, 4.69) is 32.4 Å². The van der Waals surface area contributed by atoms with Gasteiger partial charge in [0, 0.05) is 31.5 Å². The highest BCUT2D eigenvalue weighted by Crippen LogP contribution is 2.35. The summed E-state index contributed by atoms with van der Waals surface area (Å²) in [5, 5.41) is 9.75. The summed E-state index contributed by atoms with van der Waals surface area (Å²) in [5.74, 6) is -1.00. The van der Waals surface area contributed by atoms with Crippen LogP contribution in [0.5, 0.6) is 0 Å². The lowest BCUT2D eigenvalue weighted by Gasteiger charge is -2.36. The molecule has 2 aliphatic heterocycles. The van der Waals surface area contributed by atoms with Crippen molar-refractivity contribution in [3.63, 3.8) is 0 Å². The van der Waals surface area contributed by atoms with Crippen molar-refractivity contribution < 1.29 is 18.3 Å². The van der Waals surface area contributed by atoms with Crippen LogP contribution < -0.4 is 20.9 Å². The topological polar surface area (TPSA) is 81.2 Å². The number of hydrogen-bond donors (Lipinski definition) is 3. The zero-order valence-electron chi connectivity index (χ0n) is 22.3. The van der Waals surface area contributed by atoms with E-state index in [-0.39, 0.29) is 5.69 Å². The van der Waals surface area contributed by atoms with E-state index >= 15 is 0 Å². The maximum Gasteiger partial charge on any atom is 0.247 e. The number of anilines is 4. The van der Waals surface area contributed by atoms with Gasteiger partial charge in [-0.25, -0.2) is 13.8 Å². The van der Waals surface area contributed by atoms with E-state index < -0.39 is 23.6 Å². The molecular weight excluding hydrogens is 550 g/mol. The van der Waals surface area contributed by atoms with Gasteiger partial charge in [0.15, 0.2) is 0 Å². The summed E-state index contributed by atoms with van der Waals surface area (Å²) in [6, 6.07) is 15.7. The van der Waals surface area contributed by atoms with Crippen LogP contribution in [0.25, 0.3) is 0 Å². The van der Waals surface area contributed by atoms with Crippen LogP contribution >= 0.6 is 11.6 Å². The number of guanidine groups is 1. The normalized spacial score (nSPS) is 16.9. The zero-order chi connectivity index (χ0) is 28.9. The van der Waals surface area contributed by atoms with Gasteiger partial charge in [0.25, 0.3) is 0 Å². The molecule has 3 aromatic carbocycles. The Bertz CT molecular complexity index is 1520. The molecule has 1 unspecified atom stereocenters. The van der Waals surface area contributed by atoms with Gasteiger partial charge in [-0.2, -0.15) is 0 Å². The van der Waals surface area contributed by atoms with E-state index in [0.29, 0.717) is 41.1 Å². The van der Waals surface area contributed by atoms with Gasteiger partial charge in [-0.1, -0.05) is 30.3 Å². The molecule has 0 spiro atoms. The van der Waals surface area contributed by atoms with Gasteiger partial charge < -0.3 is 30.5 Å². The number of carbonyl (C=O) groups excluding carboxylic acids is 1. The molecule has 2 aliphatic rings. The van der Waals surface area contributed by atoms with E-state index in [1.807, 2.05) is 30.1 Å². The first kappa shape index (κ1) is 28.1. The number of rotatable bonds is 7. The van der Waals surface area contributed by atoms with E-state index in [9.17, 15) is 13.6 Å². The Hall–Kier alpha value is -4.41. The smallest absolute Gasteiger partial charge is 0.247 e. The largest absolute Gasteiger partial charge is 0.378 e. The molecule has 8 nitrogen and oxygen atoms in total. The van der Waals surface area contributed by atoms with Crippen molar-refractivity contribution >= 4 is 46.2 Å². The van der Waals surface area contributed by atoms with E-state index in [4.69, 9.17) is 16.3 Å². The van der Waals surface area contributed by atoms with Gasteiger partial charge in [0.2, 0.25) is 11.9 Å². The van der Waals surface area contributed by atoms with E-state index in [1.165, 1.54) is 18.2 Å². The van der Waals surface area contributed by atoms with Crippen LogP contribution in [0.1, 0.15) is 11.6 Å². The fraction of sp³-hybridized carbons (Fsp3) is 0.200. The number of halogens is 3. The van der Waals surface area contributed by atoms with Crippen molar-refractivity contribution in [2.45, 2.75) is 6.04 Å². The second kappa shape index (κ2) is 12.4. The van der Waals surface area contributed by atoms with Crippen LogP contribution in [0.4, 0.5) is 31.5 Å². The highest BCUT2D eigenvalue weighted by molar-refractivity contribution is 6.33. The SMILES string of the molecule is C=CC(=O)Nc1cc(C2C(Nc3cccc(F)c3)=CN=C(Nc3ccc(Cl)c(N4CCOCC4)c3)N2C)ccc1F. The molecule has 3 N–H and O–H groups in total. The molecule has 1 amide bonds. The minimum atomic E-state index is -0.588. The van der Waals surface area contributed by atoms with Gasteiger partial charge in [-0.15, -0.1) is 0 Å². The number of hydrogen-bond acceptors (Lipinski definition) is 7. The fourth-order valence-electron chi connectivity index (χ4n) is 4.74. The van der Waals surface area contributed by atoms with Gasteiger partial charge in [0.1, 0.15) is 11.6 Å². The molecule has 1 saturated heterocycles. The number of ether oxygens (including phenoxy) is 1. The molecule has 0 radical (unpaired) electrons. The summed E-state index contributed by atoms with van der Waals surface area (Å²) < 4.78 is 34.0. The average Bonchev–Trinajstić information content (AvgIpc) is 2.97. The van der Waals surface area contributed by atoms with Crippen molar-refractivity contribution in [3.05, 3.63) is 107 Å². The maximum absolute atomic E-state index is 14.6. The number of benzene rings is 3. The van der Waals surface area contributed by atoms with Gasteiger partial charge >= 0.3 is 0 Å². The van der Waals surface area contributed by atoms with Gasteiger partial charge in [-0.3, -0.25) is 4.79 Å². The Morgan fingerprint density at radius 2 is 1.85 bits per heavy atom. The van der Waals surface area contributed by atoms with E-state index in [0.717, 1.165) is 30.5 Å². The Balaban J connectivity index is 1.49. The first-order valence-corrected chi connectivity index (χ1v) is 13.4. The lowest BCUT2D eigenvalue weighted by atomic mass is 10.0. The molecule has 3 aromatic rings. The third-order valence-electron chi connectivity index (χ3n) is 6.76. The van der Waals surface area contributed by atoms with Gasteiger partial charge in [-0.05, 0) is 60.2 Å². The van der Waals surface area contributed by atoms with Crippen LogP contribution in [0, 0.1) is 11.6 Å². The molecule has 11 heteroatoms. The second-order valence-corrected chi connectivity index (χ2v) is 9.92. The molecule has 1 atom stereocenters. The van der Waals surface area contributed by atoms with Crippen LogP contribution in [0.15, 0.2) is 90.2 Å². The Labute approximate surface area is 242 Å². The number of likely N-dealkylation sites (N-methyl/N-ethyl adjacent to an activating group) is 1. The zero-order valence-corrected chi connectivity index (χ0v) is 23.1. The van der Waals surface area contributed by atoms with Crippen LogP contribution in [0.3, 0.4) is 0 Å². The molecule has 0 aliphatic carbocycles. The number of carbonyl (C=O) groups is 1. The van der Waals surface area contributed by atoms with Crippen molar-refractivity contribution in [1.29, 1.82) is 0 Å². The number of aliphatic imine (C=N–C) groups is 1. The maximum atomic E-state index is 14.6. The Morgan fingerprint density at radius 3 is 2.61 bits per heavy atom. The average molecular weight is 579 g/mol. The highest BCUT2D eigenvalue weighted by atomic mass is 35.5. The highest BCUT2D eigenvalue weighted by Gasteiger charge is 2.29. The molecule has 0 aromatic heterocycles. The quantitative estimate of drug-likeness (QED) is 0.299. The third-order valence-corrected chi connectivity index (χ3v) is 7.08. The molecular formula is C30H29ClF2N6O2. The van der Waals surface area contributed by atoms with Crippen molar-refractivity contribution in [2.75, 3.05) is 54.2 Å². The number of amides is 1. The molecule has 0 saturated carbocycles. The molecule has 41 heavy (non-hydrogen) atoms. The first-order valence-electron chi connectivity index (χ1n) is 13.0. The molecule has 2 heterocycles. The predicted molar refractivity (Wildman–Crippen MR) is 159 cm³/mol. The monoisotopic (exact) mass is 578 g/mol. The fourth-order valence-corrected chi connectivity index (χ4v) is 4.98. The molecule has 0 bridgehead atoms. The number of nitrogens with one attached hydrogen (secondary N) is 3. The van der Waals surface area contributed by atoms with Crippen molar-refractivity contribution in [3.8, 4) is 0 Å². The lowest BCUT2D eigenvalue weighted by molar-refractivity contribution is -0.111. The van der Waals surface area contributed by atoms with Crippen LogP contribution in [-0.4, -0.2) is 50.1 Å². The van der Waals surface area contributed by atoms with Crippen molar-refractivity contribution in [1.82, 2.24) is 4.90 Å². The summed E-state index contributed by atoms with van der Waals surface area (Å²) >= 11 is 6.52. The van der Waals surface area contributed by atoms with E-state index in [1.54, 1.807) is 30.5 Å². The molecule has 5 rings (SSSR count). The summed E-state index contributed by atoms with van der Waals surface area (Å²) in [5.41, 5.74) is 3.46. The lowest BCUT2D eigenvalue weighted by Crippen LogP contribution is -2.40. The minimum Gasteiger partial charge on any atom is -0.378 e. The summed E-state index contributed by atoms with van der Waals surface area (Å²) in [6.07, 6.45) is 2.71. The van der Waals surface area contributed by atoms with Crippen molar-refractivity contribution in [2.24, 2.45) is 4.99 Å². The first-order chi connectivity index (χ1) is 19.8. The van der Waals surface area contributed by atoms with Crippen LogP contribution in [0.2, 0.25) is 5.02 Å². The minimum absolute atomic E-state index is 0.00998. The third kappa shape index (κ3) is 6.50. The molecule has 1 fully saturated rings. The number of morpholine rings is 1. The number of nitrogens with zero attached hydrogens (tertiary/aromatic N) is 3. The second-order valence-electron chi connectivity index (χ2n) is 9.51. The summed E-state index contributed by atoms with van der Waals surface area (Å²) in [7, 11) is 1.83. The summed E-state index contributed by atoms with van der Waals surface area (Å²) in [4.78, 5) is 20.6. The standard InChI is InChI=1S/C30H29ClF2N6O2/c1-3-28(40)37-25-15-19(7-10-24(25)33)29-26(35-21-6-4-5-20(32)16-21)18-34-30(38(29)2)36-22-8-9-23(31)27(17-22)39-11-13-41-14-12-39/h3-10,15-18,29,35H,1,11-14H2,2H3,(H,34,36)(H,37,40). The summed E-state index contributed by atoms with van der Waals surface area (Å²) in [6.45, 7) is 6.16. The van der Waals surface area contributed by atoms with Crippen LogP contribution in [-0.2, 0) is 9.53 Å². The Morgan fingerprint density at radius 1 is 1.07 bits per heavy atom. The van der Waals surface area contributed by atoms with Gasteiger partial charge in [0.05, 0.1) is 47.6 Å². The predicted octanol–water partition coefficient (Wildman–Crippen LogP) is 5.99. The Kier molecular flexibility index (Phi) is 8.51.